The number of rotatable bonds is 6. The Kier molecular flexibility index (Phi) is 6.61. The smallest absolute Gasteiger partial charge is 0.246 e. The summed E-state index contributed by atoms with van der Waals surface area (Å²) in [7, 11) is 3.34. The van der Waals surface area contributed by atoms with Gasteiger partial charge in [0.15, 0.2) is 0 Å². The van der Waals surface area contributed by atoms with Crippen molar-refractivity contribution in [2.24, 2.45) is 7.05 Å². The summed E-state index contributed by atoms with van der Waals surface area (Å²) < 4.78 is 1.55. The molecule has 6 nitrogen and oxygen atoms in total. The zero-order chi connectivity index (χ0) is 16.9. The van der Waals surface area contributed by atoms with Gasteiger partial charge in [-0.05, 0) is 26.8 Å². The second kappa shape index (κ2) is 7.98. The van der Waals surface area contributed by atoms with Crippen molar-refractivity contribution in [1.29, 1.82) is 0 Å². The SMILES string of the molecule is CCN(CC)C(=O)CN(C)C(=O)/C=C/c1c(C)nn(C)c1Cl. The van der Waals surface area contributed by atoms with Crippen LogP contribution in [0.5, 0.6) is 0 Å². The quantitative estimate of drug-likeness (QED) is 0.748. The van der Waals surface area contributed by atoms with Gasteiger partial charge >= 0.3 is 0 Å². The van der Waals surface area contributed by atoms with Gasteiger partial charge in [0.2, 0.25) is 11.8 Å². The van der Waals surface area contributed by atoms with Crippen LogP contribution in [0.2, 0.25) is 5.15 Å². The number of carbonyl (C=O) groups excluding carboxylic acids is 2. The first-order valence-corrected chi connectivity index (χ1v) is 7.59. The molecule has 0 aliphatic rings. The van der Waals surface area contributed by atoms with Crippen molar-refractivity contribution in [3.8, 4) is 0 Å². The van der Waals surface area contributed by atoms with Crippen molar-refractivity contribution in [2.75, 3.05) is 26.7 Å². The Labute approximate surface area is 136 Å². The minimum absolute atomic E-state index is 0.0601. The number of carbonyl (C=O) groups is 2. The van der Waals surface area contributed by atoms with Crippen LogP contribution in [0.1, 0.15) is 25.1 Å². The molecule has 2 amide bonds. The van der Waals surface area contributed by atoms with Crippen LogP contribution in [0.3, 0.4) is 0 Å². The van der Waals surface area contributed by atoms with Gasteiger partial charge in [-0.15, -0.1) is 0 Å². The molecule has 0 saturated carbocycles. The number of aryl methyl sites for hydroxylation is 2. The van der Waals surface area contributed by atoms with Gasteiger partial charge in [0, 0.05) is 38.8 Å². The van der Waals surface area contributed by atoms with E-state index in [2.05, 4.69) is 5.10 Å². The maximum absolute atomic E-state index is 12.1. The molecular weight excluding hydrogens is 304 g/mol. The van der Waals surface area contributed by atoms with Gasteiger partial charge in [0.25, 0.3) is 0 Å². The molecule has 1 heterocycles. The Morgan fingerprint density at radius 3 is 2.36 bits per heavy atom. The van der Waals surface area contributed by atoms with Gasteiger partial charge in [-0.1, -0.05) is 11.6 Å². The fraction of sp³-hybridized carbons (Fsp3) is 0.533. The van der Waals surface area contributed by atoms with E-state index >= 15 is 0 Å². The van der Waals surface area contributed by atoms with Crippen molar-refractivity contribution >= 4 is 29.5 Å². The molecule has 0 fully saturated rings. The molecule has 0 aliphatic heterocycles. The van der Waals surface area contributed by atoms with Crippen LogP contribution in [0.15, 0.2) is 6.08 Å². The molecule has 1 aromatic heterocycles. The Morgan fingerprint density at radius 1 is 1.32 bits per heavy atom. The maximum atomic E-state index is 12.1. The Hall–Kier alpha value is -1.82. The summed E-state index contributed by atoms with van der Waals surface area (Å²) in [5, 5.41) is 4.65. The molecule has 0 bridgehead atoms. The lowest BCUT2D eigenvalue weighted by Crippen LogP contribution is -2.40. The second-order valence-corrected chi connectivity index (χ2v) is 5.37. The number of amides is 2. The normalized spacial score (nSPS) is 11.0. The highest BCUT2D eigenvalue weighted by Crippen LogP contribution is 2.19. The van der Waals surface area contributed by atoms with Crippen molar-refractivity contribution in [3.63, 3.8) is 0 Å². The van der Waals surface area contributed by atoms with Crippen LogP contribution < -0.4 is 0 Å². The van der Waals surface area contributed by atoms with Crippen LogP contribution in [-0.4, -0.2) is 58.1 Å². The molecule has 0 saturated heterocycles. The average Bonchev–Trinajstić information content (AvgIpc) is 2.71. The van der Waals surface area contributed by atoms with Crippen molar-refractivity contribution in [2.45, 2.75) is 20.8 Å². The first kappa shape index (κ1) is 18.2. The fourth-order valence-corrected chi connectivity index (χ4v) is 2.31. The third-order valence-electron chi connectivity index (χ3n) is 3.45. The predicted octanol–water partition coefficient (Wildman–Crippen LogP) is 1.72. The average molecular weight is 327 g/mol. The number of halogens is 1. The van der Waals surface area contributed by atoms with Gasteiger partial charge in [-0.25, -0.2) is 0 Å². The van der Waals surface area contributed by atoms with Crippen LogP contribution in [0, 0.1) is 6.92 Å². The minimum Gasteiger partial charge on any atom is -0.342 e. The molecule has 1 rings (SSSR count). The largest absolute Gasteiger partial charge is 0.342 e. The third-order valence-corrected chi connectivity index (χ3v) is 3.90. The Bertz CT molecular complexity index is 576. The van der Waals surface area contributed by atoms with Crippen LogP contribution in [0.25, 0.3) is 6.08 Å². The van der Waals surface area contributed by atoms with Gasteiger partial charge in [0.1, 0.15) is 5.15 Å². The molecule has 0 N–H and O–H groups in total. The molecule has 7 heteroatoms. The highest BCUT2D eigenvalue weighted by molar-refractivity contribution is 6.31. The summed E-state index contributed by atoms with van der Waals surface area (Å²) in [5.41, 5.74) is 1.46. The van der Waals surface area contributed by atoms with E-state index in [1.54, 1.807) is 29.8 Å². The Morgan fingerprint density at radius 2 is 1.91 bits per heavy atom. The lowest BCUT2D eigenvalue weighted by atomic mass is 10.2. The third kappa shape index (κ3) is 4.34. The molecule has 22 heavy (non-hydrogen) atoms. The van der Waals surface area contributed by atoms with E-state index in [1.807, 2.05) is 20.8 Å². The minimum atomic E-state index is -0.250. The predicted molar refractivity (Wildman–Crippen MR) is 87.6 cm³/mol. The molecule has 1 aromatic rings. The van der Waals surface area contributed by atoms with E-state index in [4.69, 9.17) is 11.6 Å². The maximum Gasteiger partial charge on any atom is 0.246 e. The van der Waals surface area contributed by atoms with E-state index in [0.29, 0.717) is 23.8 Å². The van der Waals surface area contributed by atoms with Crippen molar-refractivity contribution in [3.05, 3.63) is 22.5 Å². The van der Waals surface area contributed by atoms with Gasteiger partial charge < -0.3 is 9.80 Å². The summed E-state index contributed by atoms with van der Waals surface area (Å²) in [6, 6.07) is 0. The van der Waals surface area contributed by atoms with Crippen molar-refractivity contribution in [1.82, 2.24) is 19.6 Å². The van der Waals surface area contributed by atoms with Crippen molar-refractivity contribution < 1.29 is 9.59 Å². The number of nitrogens with zero attached hydrogens (tertiary/aromatic N) is 4. The van der Waals surface area contributed by atoms with Crippen LogP contribution >= 0.6 is 11.6 Å². The monoisotopic (exact) mass is 326 g/mol. The number of hydrogen-bond donors (Lipinski definition) is 0. The molecule has 0 atom stereocenters. The van der Waals surface area contributed by atoms with E-state index in [0.717, 1.165) is 5.69 Å². The molecule has 122 valence electrons. The first-order chi connectivity index (χ1) is 10.3. The zero-order valence-electron chi connectivity index (χ0n) is 13.8. The molecule has 0 unspecified atom stereocenters. The van der Waals surface area contributed by atoms with Gasteiger partial charge in [0.05, 0.1) is 12.2 Å². The van der Waals surface area contributed by atoms with E-state index in [1.165, 1.54) is 11.0 Å². The second-order valence-electron chi connectivity index (χ2n) is 5.01. The number of aromatic nitrogens is 2. The lowest BCUT2D eigenvalue weighted by molar-refractivity contribution is -0.136. The fourth-order valence-electron chi connectivity index (χ4n) is 2.07. The van der Waals surface area contributed by atoms with Gasteiger partial charge in [-0.2, -0.15) is 5.10 Å². The topological polar surface area (TPSA) is 58.4 Å². The first-order valence-electron chi connectivity index (χ1n) is 7.21. The molecular formula is C15H23ClN4O2. The zero-order valence-corrected chi connectivity index (χ0v) is 14.5. The van der Waals surface area contributed by atoms with Crippen LogP contribution in [-0.2, 0) is 16.6 Å². The highest BCUT2D eigenvalue weighted by Gasteiger charge is 2.15. The van der Waals surface area contributed by atoms with E-state index in [9.17, 15) is 9.59 Å². The number of likely N-dealkylation sites (N-methyl/N-ethyl adjacent to an activating group) is 2. The molecule has 0 aromatic carbocycles. The summed E-state index contributed by atoms with van der Waals surface area (Å²) in [5.74, 6) is -0.315. The summed E-state index contributed by atoms with van der Waals surface area (Å²) in [6.45, 7) is 6.98. The van der Waals surface area contributed by atoms with Crippen LogP contribution in [0.4, 0.5) is 0 Å². The van der Waals surface area contributed by atoms with E-state index < -0.39 is 0 Å². The summed E-state index contributed by atoms with van der Waals surface area (Å²) >= 11 is 6.10. The molecule has 0 aliphatic carbocycles. The van der Waals surface area contributed by atoms with E-state index in [-0.39, 0.29) is 18.4 Å². The highest BCUT2D eigenvalue weighted by atomic mass is 35.5. The summed E-state index contributed by atoms with van der Waals surface area (Å²) in [4.78, 5) is 27.1. The number of hydrogen-bond acceptors (Lipinski definition) is 3. The Balaban J connectivity index is 2.72. The lowest BCUT2D eigenvalue weighted by Gasteiger charge is -2.22. The summed E-state index contributed by atoms with van der Waals surface area (Å²) in [6.07, 6.45) is 3.04. The molecule has 0 spiro atoms. The van der Waals surface area contributed by atoms with Gasteiger partial charge in [-0.3, -0.25) is 14.3 Å². The molecule has 0 radical (unpaired) electrons. The standard InChI is InChI=1S/C15H23ClN4O2/c1-6-20(7-2)14(22)10-18(4)13(21)9-8-12-11(3)17-19(5)15(12)16/h8-9H,6-7,10H2,1-5H3/b9-8+.